The number of benzene rings is 4. The first-order valence-corrected chi connectivity index (χ1v) is 16.4. The molecule has 0 radical (unpaired) electrons. The summed E-state index contributed by atoms with van der Waals surface area (Å²) in [5, 5.41) is 5.90. The van der Waals surface area contributed by atoms with Crippen LogP contribution >= 0.6 is 0 Å². The molecule has 3 N–H and O–H groups in total. The molecule has 1 aromatic heterocycles. The van der Waals surface area contributed by atoms with E-state index >= 15 is 0 Å². The van der Waals surface area contributed by atoms with Gasteiger partial charge in [-0.05, 0) is 57.6 Å². The van der Waals surface area contributed by atoms with Crippen LogP contribution in [0.2, 0.25) is 0 Å². The van der Waals surface area contributed by atoms with Gasteiger partial charge in [-0.3, -0.25) is 14.4 Å². The highest BCUT2D eigenvalue weighted by molar-refractivity contribution is 7.92. The summed E-state index contributed by atoms with van der Waals surface area (Å²) >= 11 is 0. The number of ether oxygens (including phenoxy) is 1. The summed E-state index contributed by atoms with van der Waals surface area (Å²) in [5.74, 6) is -0.210. The molecule has 8 nitrogen and oxygen atoms in total. The minimum atomic E-state index is -3.84. The number of hydrogen-bond acceptors (Lipinski definition) is 5. The van der Waals surface area contributed by atoms with Crippen LogP contribution in [0.5, 0.6) is 0 Å². The Bertz CT molecular complexity index is 1910. The second-order valence-corrected chi connectivity index (χ2v) is 13.9. The van der Waals surface area contributed by atoms with Gasteiger partial charge in [-0.1, -0.05) is 75.4 Å². The lowest BCUT2D eigenvalue weighted by molar-refractivity contribution is 0.0383. The summed E-state index contributed by atoms with van der Waals surface area (Å²) in [5.41, 5.74) is 4.19. The first-order chi connectivity index (χ1) is 21.1. The molecule has 1 fully saturated rings. The van der Waals surface area contributed by atoms with E-state index in [1.54, 1.807) is 24.3 Å². The van der Waals surface area contributed by atoms with E-state index in [1.165, 1.54) is 0 Å². The lowest BCUT2D eigenvalue weighted by atomic mass is 9.87. The molecule has 1 saturated heterocycles. The summed E-state index contributed by atoms with van der Waals surface area (Å²) in [7, 11) is -3.84. The number of aromatic amines is 1. The smallest absolute Gasteiger partial charge is 0.268 e. The quantitative estimate of drug-likeness (QED) is 0.196. The van der Waals surface area contributed by atoms with Gasteiger partial charge in [0.25, 0.3) is 15.9 Å². The number of carbonyl (C=O) groups excluding carboxylic acids is 1. The van der Waals surface area contributed by atoms with Crippen molar-refractivity contribution < 1.29 is 17.9 Å². The molecular weight excluding hydrogens is 572 g/mol. The molecule has 1 aliphatic heterocycles. The largest absolute Gasteiger partial charge is 0.379 e. The van der Waals surface area contributed by atoms with Crippen LogP contribution < -0.4 is 10.0 Å². The molecule has 9 heteroatoms. The zero-order chi connectivity index (χ0) is 30.9. The molecule has 6 rings (SSSR count). The zero-order valence-corrected chi connectivity index (χ0v) is 26.1. The van der Waals surface area contributed by atoms with Crippen LogP contribution in [0.15, 0.2) is 89.8 Å². The maximum Gasteiger partial charge on any atom is 0.268 e. The van der Waals surface area contributed by atoms with Crippen LogP contribution in [0, 0.1) is 0 Å². The Morgan fingerprint density at radius 1 is 0.909 bits per heavy atom. The lowest BCUT2D eigenvalue weighted by Crippen LogP contribution is -2.41. The van der Waals surface area contributed by atoms with Crippen LogP contribution in [0.4, 0.5) is 5.69 Å². The third-order valence-corrected chi connectivity index (χ3v) is 9.58. The first kappa shape index (κ1) is 29.9. The van der Waals surface area contributed by atoms with Crippen molar-refractivity contribution in [3.63, 3.8) is 0 Å². The third-order valence-electron chi connectivity index (χ3n) is 8.18. The Hall–Kier alpha value is -4.18. The number of amides is 1. The van der Waals surface area contributed by atoms with E-state index in [4.69, 9.17) is 4.74 Å². The van der Waals surface area contributed by atoms with Crippen molar-refractivity contribution in [3.05, 3.63) is 96.2 Å². The zero-order valence-electron chi connectivity index (χ0n) is 25.3. The van der Waals surface area contributed by atoms with Gasteiger partial charge in [-0.2, -0.15) is 0 Å². The number of rotatable bonds is 8. The second kappa shape index (κ2) is 12.1. The van der Waals surface area contributed by atoms with E-state index in [-0.39, 0.29) is 16.2 Å². The Balaban J connectivity index is 1.37. The Morgan fingerprint density at radius 2 is 1.64 bits per heavy atom. The number of nitrogens with zero attached hydrogens (tertiary/aromatic N) is 1. The van der Waals surface area contributed by atoms with Crippen LogP contribution in [0.1, 0.15) is 36.8 Å². The molecule has 0 saturated carbocycles. The van der Waals surface area contributed by atoms with Gasteiger partial charge in [-0.15, -0.1) is 0 Å². The van der Waals surface area contributed by atoms with E-state index in [0.717, 1.165) is 58.0 Å². The van der Waals surface area contributed by atoms with Crippen molar-refractivity contribution >= 4 is 43.3 Å². The van der Waals surface area contributed by atoms with Crippen molar-refractivity contribution in [2.45, 2.75) is 31.1 Å². The number of aromatic nitrogens is 1. The number of H-pyrrole nitrogens is 1. The van der Waals surface area contributed by atoms with Gasteiger partial charge >= 0.3 is 0 Å². The molecule has 2 heterocycles. The highest BCUT2D eigenvalue weighted by Gasteiger charge is 2.23. The highest BCUT2D eigenvalue weighted by atomic mass is 32.2. The van der Waals surface area contributed by atoms with Crippen molar-refractivity contribution in [2.75, 3.05) is 44.1 Å². The molecule has 0 bridgehead atoms. The SMILES string of the molecule is CC(C)(C)c1ccc(S(=O)(=O)Nc2ccc3[nH]c(C(=O)NCCN4CCOCC4)c(-c4cccc5ccccc45)c3c2)cc1. The number of morpholine rings is 1. The molecule has 1 aliphatic rings. The average molecular weight is 611 g/mol. The lowest BCUT2D eigenvalue weighted by Gasteiger charge is -2.26. The van der Waals surface area contributed by atoms with Gasteiger partial charge < -0.3 is 15.0 Å². The van der Waals surface area contributed by atoms with Crippen LogP contribution in [0.3, 0.4) is 0 Å². The summed E-state index contributed by atoms with van der Waals surface area (Å²) in [6.45, 7) is 10.6. The fourth-order valence-electron chi connectivity index (χ4n) is 5.74. The molecule has 228 valence electrons. The molecule has 0 aliphatic carbocycles. The van der Waals surface area contributed by atoms with E-state index < -0.39 is 10.0 Å². The summed E-state index contributed by atoms with van der Waals surface area (Å²) in [4.78, 5) is 19.5. The van der Waals surface area contributed by atoms with Gasteiger partial charge in [0.15, 0.2) is 0 Å². The monoisotopic (exact) mass is 610 g/mol. The molecular formula is C35H38N4O4S. The normalized spacial score (nSPS) is 14.6. The van der Waals surface area contributed by atoms with Gasteiger partial charge in [0, 0.05) is 48.3 Å². The first-order valence-electron chi connectivity index (χ1n) is 15.0. The van der Waals surface area contributed by atoms with Crippen molar-refractivity contribution in [1.29, 1.82) is 0 Å². The predicted octanol–water partition coefficient (Wildman–Crippen LogP) is 6.15. The maximum atomic E-state index is 13.7. The number of sulfonamides is 1. The molecule has 5 aromatic rings. The van der Waals surface area contributed by atoms with Crippen LogP contribution in [-0.2, 0) is 20.2 Å². The predicted molar refractivity (Wildman–Crippen MR) is 177 cm³/mol. The summed E-state index contributed by atoms with van der Waals surface area (Å²) in [6.07, 6.45) is 0. The Morgan fingerprint density at radius 3 is 2.39 bits per heavy atom. The van der Waals surface area contributed by atoms with Gasteiger partial charge in [-0.25, -0.2) is 8.42 Å². The van der Waals surface area contributed by atoms with Crippen LogP contribution in [-0.4, -0.2) is 63.6 Å². The van der Waals surface area contributed by atoms with Crippen molar-refractivity contribution in [2.24, 2.45) is 0 Å². The van der Waals surface area contributed by atoms with E-state index in [2.05, 4.69) is 40.7 Å². The molecule has 4 aromatic carbocycles. The van der Waals surface area contributed by atoms with E-state index in [9.17, 15) is 13.2 Å². The van der Waals surface area contributed by atoms with Crippen LogP contribution in [0.25, 0.3) is 32.8 Å². The van der Waals surface area contributed by atoms with Gasteiger partial charge in [0.2, 0.25) is 0 Å². The molecule has 0 spiro atoms. The summed E-state index contributed by atoms with van der Waals surface area (Å²) < 4.78 is 35.0. The molecule has 0 atom stereocenters. The minimum Gasteiger partial charge on any atom is -0.379 e. The molecule has 1 amide bonds. The second-order valence-electron chi connectivity index (χ2n) is 12.3. The number of fused-ring (bicyclic) bond motifs is 2. The highest BCUT2D eigenvalue weighted by Crippen LogP contribution is 2.38. The van der Waals surface area contributed by atoms with E-state index in [0.29, 0.717) is 31.1 Å². The fraction of sp³-hybridized carbons (Fsp3) is 0.286. The van der Waals surface area contributed by atoms with Gasteiger partial charge in [0.05, 0.1) is 18.1 Å². The van der Waals surface area contributed by atoms with Gasteiger partial charge in [0.1, 0.15) is 5.69 Å². The van der Waals surface area contributed by atoms with E-state index in [1.807, 2.05) is 60.7 Å². The standard InChI is InChI=1S/C35H38N4O4S/c1-35(2,3)25-11-14-27(15-12-25)44(41,42)38-26-13-16-31-30(23-26)32(29-10-6-8-24-7-4-5-9-28(24)29)33(37-31)34(40)36-17-18-39-19-21-43-22-20-39/h4-16,23,37-38H,17-22H2,1-3H3,(H,36,40). The Labute approximate surface area is 258 Å². The number of hydrogen-bond donors (Lipinski definition) is 3. The summed E-state index contributed by atoms with van der Waals surface area (Å²) in [6, 6.07) is 26.4. The molecule has 44 heavy (non-hydrogen) atoms. The topological polar surface area (TPSA) is 104 Å². The maximum absolute atomic E-state index is 13.7. The number of nitrogens with one attached hydrogen (secondary N) is 3. The average Bonchev–Trinajstić information content (AvgIpc) is 3.39. The number of anilines is 1. The minimum absolute atomic E-state index is 0.0838. The number of carbonyl (C=O) groups is 1. The third kappa shape index (κ3) is 6.22. The Kier molecular flexibility index (Phi) is 8.20. The van der Waals surface area contributed by atoms with Crippen molar-refractivity contribution in [3.8, 4) is 11.1 Å². The fourth-order valence-corrected chi connectivity index (χ4v) is 6.79. The molecule has 0 unspecified atom stereocenters. The van der Waals surface area contributed by atoms with Crippen molar-refractivity contribution in [1.82, 2.24) is 15.2 Å².